The third kappa shape index (κ3) is 4.74. The predicted molar refractivity (Wildman–Crippen MR) is 113 cm³/mol. The molecule has 2 aromatic carbocycles. The van der Waals surface area contributed by atoms with Gasteiger partial charge in [0.05, 0.1) is 16.3 Å². The summed E-state index contributed by atoms with van der Waals surface area (Å²) in [6.07, 6.45) is -0.124. The minimum absolute atomic E-state index is 0.124. The number of aromatic nitrogens is 1. The Morgan fingerprint density at radius 2 is 1.79 bits per heavy atom. The van der Waals surface area contributed by atoms with Gasteiger partial charge in [-0.05, 0) is 56.5 Å². The van der Waals surface area contributed by atoms with Crippen molar-refractivity contribution in [1.29, 1.82) is 0 Å². The molecule has 1 heterocycles. The van der Waals surface area contributed by atoms with Gasteiger partial charge in [0.15, 0.2) is 15.6 Å². The fourth-order valence-corrected chi connectivity index (χ4v) is 4.56. The largest absolute Gasteiger partial charge is 0.356 e. The fraction of sp³-hybridized carbons (Fsp3) is 0.273. The number of anilines is 1. The van der Waals surface area contributed by atoms with Crippen molar-refractivity contribution in [3.05, 3.63) is 64.8 Å². The van der Waals surface area contributed by atoms with Crippen molar-refractivity contribution in [2.24, 2.45) is 0 Å². The molecule has 0 unspecified atom stereocenters. The number of aryl methyl sites for hydroxylation is 3. The molecule has 0 aliphatic carbocycles. The van der Waals surface area contributed by atoms with Crippen LogP contribution in [0, 0.1) is 27.7 Å². The molecule has 3 aromatic rings. The average molecular weight is 413 g/mol. The van der Waals surface area contributed by atoms with E-state index >= 15 is 0 Å². The topological polar surface area (TPSA) is 89.3 Å². The smallest absolute Gasteiger partial charge is 0.225 e. The fourth-order valence-electron chi connectivity index (χ4n) is 3.02. The van der Waals surface area contributed by atoms with Gasteiger partial charge in [0.2, 0.25) is 5.91 Å². The maximum Gasteiger partial charge on any atom is 0.225 e. The number of amides is 1. The molecule has 0 aliphatic heterocycles. The van der Waals surface area contributed by atoms with Gasteiger partial charge in [0.25, 0.3) is 0 Å². The number of hydrogen-bond acceptors (Lipinski definition) is 5. The second-order valence-corrected chi connectivity index (χ2v) is 9.25. The van der Waals surface area contributed by atoms with Crippen LogP contribution in [0.25, 0.3) is 11.3 Å². The number of rotatable bonds is 6. The predicted octanol–water partition coefficient (Wildman–Crippen LogP) is 4.38. The molecule has 1 amide bonds. The lowest BCUT2D eigenvalue weighted by Gasteiger charge is -2.11. The van der Waals surface area contributed by atoms with Crippen LogP contribution in [0.3, 0.4) is 0 Å². The molecule has 0 saturated heterocycles. The summed E-state index contributed by atoms with van der Waals surface area (Å²) >= 11 is 0. The van der Waals surface area contributed by atoms with Gasteiger partial charge >= 0.3 is 0 Å². The molecule has 0 radical (unpaired) electrons. The van der Waals surface area contributed by atoms with Crippen LogP contribution < -0.4 is 5.32 Å². The summed E-state index contributed by atoms with van der Waals surface area (Å²) in [5.74, 6) is -0.0998. The van der Waals surface area contributed by atoms with E-state index in [0.717, 1.165) is 11.1 Å². The van der Waals surface area contributed by atoms with Crippen molar-refractivity contribution in [1.82, 2.24) is 5.16 Å². The number of benzene rings is 2. The summed E-state index contributed by atoms with van der Waals surface area (Å²) in [5, 5.41) is 6.65. The van der Waals surface area contributed by atoms with Crippen LogP contribution in [0.15, 0.2) is 51.9 Å². The van der Waals surface area contributed by atoms with E-state index in [1.54, 1.807) is 38.1 Å². The number of carbonyl (C=O) groups excluding carboxylic acids is 1. The van der Waals surface area contributed by atoms with Gasteiger partial charge in [-0.1, -0.05) is 29.4 Å². The summed E-state index contributed by atoms with van der Waals surface area (Å²) < 4.78 is 31.0. The highest BCUT2D eigenvalue weighted by molar-refractivity contribution is 7.91. The standard InChI is InChI=1S/C22H24N2O4S/c1-14-6-5-7-19(17(14)4)23-22(25)10-11-29(26,27)21-13-18(9-8-15(21)2)20-12-16(3)24-28-20/h5-9,12-13H,10-11H2,1-4H3,(H,23,25). The van der Waals surface area contributed by atoms with Gasteiger partial charge in [-0.25, -0.2) is 8.42 Å². The second kappa shape index (κ2) is 8.21. The van der Waals surface area contributed by atoms with E-state index in [2.05, 4.69) is 10.5 Å². The molecule has 6 nitrogen and oxygen atoms in total. The Morgan fingerprint density at radius 1 is 1.03 bits per heavy atom. The summed E-state index contributed by atoms with van der Waals surface area (Å²) in [4.78, 5) is 12.5. The molecule has 0 fully saturated rings. The Hall–Kier alpha value is -2.93. The number of carbonyl (C=O) groups is 1. The zero-order valence-corrected chi connectivity index (χ0v) is 17.8. The van der Waals surface area contributed by atoms with Crippen LogP contribution in [-0.2, 0) is 14.6 Å². The van der Waals surface area contributed by atoms with Crippen molar-refractivity contribution < 1.29 is 17.7 Å². The van der Waals surface area contributed by atoms with Crippen LogP contribution in [0.5, 0.6) is 0 Å². The Morgan fingerprint density at radius 3 is 2.48 bits per heavy atom. The van der Waals surface area contributed by atoms with Gasteiger partial charge in [0.1, 0.15) is 0 Å². The number of nitrogens with zero attached hydrogens (tertiary/aromatic N) is 1. The number of nitrogens with one attached hydrogen (secondary N) is 1. The highest BCUT2D eigenvalue weighted by atomic mass is 32.2. The summed E-state index contributed by atoms with van der Waals surface area (Å²) in [7, 11) is -3.64. The third-order valence-electron chi connectivity index (χ3n) is 4.91. The van der Waals surface area contributed by atoms with E-state index in [9.17, 15) is 13.2 Å². The van der Waals surface area contributed by atoms with Crippen molar-refractivity contribution in [2.45, 2.75) is 39.0 Å². The van der Waals surface area contributed by atoms with Crippen molar-refractivity contribution in [2.75, 3.05) is 11.1 Å². The van der Waals surface area contributed by atoms with E-state index in [-0.39, 0.29) is 23.0 Å². The van der Waals surface area contributed by atoms with E-state index in [0.29, 0.717) is 28.3 Å². The Bertz CT molecular complexity index is 1160. The van der Waals surface area contributed by atoms with E-state index in [1.807, 2.05) is 32.0 Å². The van der Waals surface area contributed by atoms with Gasteiger partial charge in [-0.3, -0.25) is 4.79 Å². The second-order valence-electron chi connectivity index (χ2n) is 7.18. The highest BCUT2D eigenvalue weighted by Gasteiger charge is 2.20. The van der Waals surface area contributed by atoms with Crippen molar-refractivity contribution >= 4 is 21.4 Å². The first kappa shape index (κ1) is 20.8. The van der Waals surface area contributed by atoms with Crippen LogP contribution in [0.4, 0.5) is 5.69 Å². The van der Waals surface area contributed by atoms with Crippen LogP contribution in [0.1, 0.15) is 28.8 Å². The molecule has 7 heteroatoms. The van der Waals surface area contributed by atoms with Gasteiger partial charge in [0, 0.05) is 23.7 Å². The van der Waals surface area contributed by atoms with E-state index in [4.69, 9.17) is 4.52 Å². The first-order valence-electron chi connectivity index (χ1n) is 9.30. The molecule has 1 aromatic heterocycles. The van der Waals surface area contributed by atoms with Gasteiger partial charge in [-0.2, -0.15) is 0 Å². The molecule has 0 aliphatic rings. The van der Waals surface area contributed by atoms with Gasteiger partial charge < -0.3 is 9.84 Å². The number of sulfone groups is 1. The van der Waals surface area contributed by atoms with Crippen LogP contribution in [0.2, 0.25) is 0 Å². The Balaban J connectivity index is 1.75. The molecule has 0 spiro atoms. The molecule has 29 heavy (non-hydrogen) atoms. The lowest BCUT2D eigenvalue weighted by Crippen LogP contribution is -2.18. The molecule has 3 rings (SSSR count). The van der Waals surface area contributed by atoms with Crippen LogP contribution >= 0.6 is 0 Å². The van der Waals surface area contributed by atoms with E-state index < -0.39 is 9.84 Å². The molecular formula is C22H24N2O4S. The lowest BCUT2D eigenvalue weighted by atomic mass is 10.1. The molecule has 0 bridgehead atoms. The maximum absolute atomic E-state index is 12.9. The SMILES string of the molecule is Cc1cc(-c2ccc(C)c(S(=O)(=O)CCC(=O)Nc3cccc(C)c3C)c2)on1. The first-order chi connectivity index (χ1) is 13.7. The summed E-state index contributed by atoms with van der Waals surface area (Å²) in [5.41, 5.74) is 4.70. The number of hydrogen-bond donors (Lipinski definition) is 1. The molecule has 0 atom stereocenters. The molecular weight excluding hydrogens is 388 g/mol. The Labute approximate surface area is 170 Å². The van der Waals surface area contributed by atoms with Gasteiger partial charge in [-0.15, -0.1) is 0 Å². The third-order valence-corrected chi connectivity index (χ3v) is 6.76. The normalized spacial score (nSPS) is 11.4. The zero-order chi connectivity index (χ0) is 21.2. The Kier molecular flexibility index (Phi) is 5.88. The average Bonchev–Trinajstić information content (AvgIpc) is 3.10. The summed E-state index contributed by atoms with van der Waals surface area (Å²) in [6.45, 7) is 7.41. The van der Waals surface area contributed by atoms with Crippen LogP contribution in [-0.4, -0.2) is 25.2 Å². The molecule has 152 valence electrons. The minimum atomic E-state index is -3.64. The monoisotopic (exact) mass is 412 g/mol. The highest BCUT2D eigenvalue weighted by Crippen LogP contribution is 2.27. The van der Waals surface area contributed by atoms with E-state index in [1.165, 1.54) is 0 Å². The first-order valence-corrected chi connectivity index (χ1v) is 11.0. The van der Waals surface area contributed by atoms with Crippen molar-refractivity contribution in [3.63, 3.8) is 0 Å². The minimum Gasteiger partial charge on any atom is -0.356 e. The lowest BCUT2D eigenvalue weighted by molar-refractivity contribution is -0.115. The zero-order valence-electron chi connectivity index (χ0n) is 16.9. The molecule has 1 N–H and O–H groups in total. The van der Waals surface area contributed by atoms with Crippen molar-refractivity contribution in [3.8, 4) is 11.3 Å². The quantitative estimate of drug-likeness (QED) is 0.649. The molecule has 0 saturated carbocycles. The maximum atomic E-state index is 12.9. The summed E-state index contributed by atoms with van der Waals surface area (Å²) in [6, 6.07) is 12.5.